The molecule has 0 fully saturated rings. The number of methoxy groups -OCH3 is 2. The van der Waals surface area contributed by atoms with Crippen LogP contribution >= 0.6 is 0 Å². The van der Waals surface area contributed by atoms with Crippen LogP contribution in [0.1, 0.15) is 36.3 Å². The van der Waals surface area contributed by atoms with E-state index in [1.54, 1.807) is 33.1 Å². The summed E-state index contributed by atoms with van der Waals surface area (Å²) < 4.78 is 69.5. The van der Waals surface area contributed by atoms with Crippen molar-refractivity contribution in [1.82, 2.24) is 9.97 Å². The van der Waals surface area contributed by atoms with Crippen LogP contribution < -0.4 is 14.8 Å². The molecular weight excluding hydrogens is 442 g/mol. The second-order valence-corrected chi connectivity index (χ2v) is 7.47. The van der Waals surface area contributed by atoms with Gasteiger partial charge in [-0.2, -0.15) is 13.2 Å². The van der Waals surface area contributed by atoms with Gasteiger partial charge in [0, 0.05) is 31.6 Å². The molecule has 0 saturated heterocycles. The molecule has 3 aromatic rings. The minimum Gasteiger partial charge on any atom is -0.493 e. The number of benzene rings is 2. The van der Waals surface area contributed by atoms with E-state index in [0.717, 1.165) is 12.1 Å². The number of hydrogen-bond acceptors (Lipinski definition) is 6. The highest BCUT2D eigenvalue weighted by atomic mass is 19.4. The molecule has 2 aromatic carbocycles. The number of alkyl halides is 3. The third kappa shape index (κ3) is 6.01. The molecule has 1 heterocycles. The minimum atomic E-state index is -4.65. The summed E-state index contributed by atoms with van der Waals surface area (Å²) in [4.78, 5) is 8.83. The molecule has 0 saturated carbocycles. The number of nitrogens with zero attached hydrogens (tertiary/aromatic N) is 2. The van der Waals surface area contributed by atoms with Crippen molar-refractivity contribution in [2.75, 3.05) is 32.8 Å². The average molecular weight is 467 g/mol. The normalized spacial score (nSPS) is 12.6. The topological polar surface area (TPSA) is 65.5 Å². The van der Waals surface area contributed by atoms with Crippen molar-refractivity contribution in [3.63, 3.8) is 0 Å². The van der Waals surface area contributed by atoms with Crippen LogP contribution in [0, 0.1) is 12.7 Å². The van der Waals surface area contributed by atoms with E-state index in [4.69, 9.17) is 14.2 Å². The average Bonchev–Trinajstić information content (AvgIpc) is 2.75. The lowest BCUT2D eigenvalue weighted by Gasteiger charge is -2.19. The summed E-state index contributed by atoms with van der Waals surface area (Å²) in [5, 5.41) is 3.67. The van der Waals surface area contributed by atoms with Crippen molar-refractivity contribution in [2.24, 2.45) is 0 Å². The molecule has 0 radical (unpaired) electrons. The van der Waals surface area contributed by atoms with Crippen LogP contribution in [0.3, 0.4) is 0 Å². The molecule has 1 N–H and O–H groups in total. The molecule has 0 bridgehead atoms. The van der Waals surface area contributed by atoms with Gasteiger partial charge in [-0.15, -0.1) is 0 Å². The molecule has 0 aliphatic heterocycles. The molecular formula is C23H25F4N3O3. The summed E-state index contributed by atoms with van der Waals surface area (Å²) in [5.74, 6) is 0.815. The lowest BCUT2D eigenvalue weighted by Crippen LogP contribution is -2.12. The quantitative estimate of drug-likeness (QED) is 0.322. The Kier molecular flexibility index (Phi) is 7.57. The van der Waals surface area contributed by atoms with Gasteiger partial charge in [0.25, 0.3) is 0 Å². The van der Waals surface area contributed by atoms with E-state index in [1.807, 2.05) is 0 Å². The fraction of sp³-hybridized carbons (Fsp3) is 0.391. The highest BCUT2D eigenvalue weighted by molar-refractivity contribution is 5.92. The van der Waals surface area contributed by atoms with Crippen LogP contribution in [0.2, 0.25) is 0 Å². The lowest BCUT2D eigenvalue weighted by atomic mass is 10.0. The number of hydrogen-bond donors (Lipinski definition) is 1. The summed E-state index contributed by atoms with van der Waals surface area (Å²) in [7, 11) is 3.12. The van der Waals surface area contributed by atoms with Crippen LogP contribution in [-0.4, -0.2) is 37.4 Å². The monoisotopic (exact) mass is 467 g/mol. The van der Waals surface area contributed by atoms with Crippen molar-refractivity contribution >= 4 is 16.7 Å². The van der Waals surface area contributed by atoms with Crippen LogP contribution in [0.15, 0.2) is 30.3 Å². The number of rotatable bonds is 9. The van der Waals surface area contributed by atoms with E-state index in [9.17, 15) is 17.6 Å². The number of nitrogens with one attached hydrogen (secondary N) is 1. The zero-order valence-corrected chi connectivity index (χ0v) is 18.7. The zero-order valence-electron chi connectivity index (χ0n) is 18.7. The molecule has 0 unspecified atom stereocenters. The maximum Gasteiger partial charge on any atom is 0.416 e. The maximum atomic E-state index is 13.9. The Balaban J connectivity index is 1.97. The molecule has 178 valence electrons. The van der Waals surface area contributed by atoms with E-state index in [1.165, 1.54) is 7.11 Å². The molecule has 1 aromatic heterocycles. The second-order valence-electron chi connectivity index (χ2n) is 7.47. The Bertz CT molecular complexity index is 1120. The number of aromatic nitrogens is 2. The molecule has 3 rings (SSSR count). The van der Waals surface area contributed by atoms with Crippen molar-refractivity contribution in [3.05, 3.63) is 53.1 Å². The van der Waals surface area contributed by atoms with Crippen LogP contribution in [0.4, 0.5) is 23.4 Å². The number of aryl methyl sites for hydroxylation is 1. The SMILES string of the molecule is COCCCOc1cc2c(N[C@H](C)c3cc(F)cc(C(F)(F)F)c3)nc(C)nc2cc1OC. The lowest BCUT2D eigenvalue weighted by molar-refractivity contribution is -0.137. The van der Waals surface area contributed by atoms with Crippen molar-refractivity contribution in [2.45, 2.75) is 32.5 Å². The van der Waals surface area contributed by atoms with Gasteiger partial charge in [-0.05, 0) is 43.7 Å². The van der Waals surface area contributed by atoms with Gasteiger partial charge in [0.05, 0.1) is 30.8 Å². The Morgan fingerprint density at radius 1 is 1.00 bits per heavy atom. The zero-order chi connectivity index (χ0) is 24.2. The number of fused-ring (bicyclic) bond motifs is 1. The summed E-state index contributed by atoms with van der Waals surface area (Å²) in [6, 6.07) is 5.20. The third-order valence-electron chi connectivity index (χ3n) is 4.94. The predicted molar refractivity (Wildman–Crippen MR) is 116 cm³/mol. The number of halogens is 4. The van der Waals surface area contributed by atoms with E-state index >= 15 is 0 Å². The van der Waals surface area contributed by atoms with Gasteiger partial charge in [-0.25, -0.2) is 14.4 Å². The molecule has 0 aliphatic carbocycles. The van der Waals surface area contributed by atoms with Gasteiger partial charge in [0.15, 0.2) is 11.5 Å². The first kappa shape index (κ1) is 24.5. The Labute approximate surface area is 188 Å². The summed E-state index contributed by atoms with van der Waals surface area (Å²) in [6.45, 7) is 4.26. The van der Waals surface area contributed by atoms with Crippen LogP contribution in [0.25, 0.3) is 10.9 Å². The molecule has 1 atom stereocenters. The standard InChI is InChI=1S/C23H25F4N3O3/c1-13(15-8-16(23(25,26)27)10-17(24)9-15)28-22-18-11-21(33-7-5-6-31-3)20(32-4)12-19(18)29-14(2)30-22/h8-13H,5-7H2,1-4H3,(H,28,29,30)/t13-/m1/s1. The minimum absolute atomic E-state index is 0.135. The van der Waals surface area contributed by atoms with E-state index in [-0.39, 0.29) is 5.56 Å². The van der Waals surface area contributed by atoms with Gasteiger partial charge >= 0.3 is 6.18 Å². The predicted octanol–water partition coefficient (Wildman–Crippen LogP) is 5.69. The van der Waals surface area contributed by atoms with E-state index in [2.05, 4.69) is 15.3 Å². The molecule has 33 heavy (non-hydrogen) atoms. The molecule has 0 amide bonds. The third-order valence-corrected chi connectivity index (χ3v) is 4.94. The van der Waals surface area contributed by atoms with E-state index < -0.39 is 23.6 Å². The molecule has 10 heteroatoms. The Morgan fingerprint density at radius 3 is 2.42 bits per heavy atom. The summed E-state index contributed by atoms with van der Waals surface area (Å²) in [5.41, 5.74) is -0.351. The molecule has 0 spiro atoms. The summed E-state index contributed by atoms with van der Waals surface area (Å²) in [6.07, 6.45) is -3.98. The molecule has 6 nitrogen and oxygen atoms in total. The van der Waals surface area contributed by atoms with E-state index in [0.29, 0.717) is 59.7 Å². The van der Waals surface area contributed by atoms with Gasteiger partial charge < -0.3 is 19.5 Å². The van der Waals surface area contributed by atoms with Gasteiger partial charge in [0.1, 0.15) is 17.5 Å². The van der Waals surface area contributed by atoms with Gasteiger partial charge in [-0.3, -0.25) is 0 Å². The Hall–Kier alpha value is -3.14. The summed E-state index contributed by atoms with van der Waals surface area (Å²) >= 11 is 0. The smallest absolute Gasteiger partial charge is 0.416 e. The van der Waals surface area contributed by atoms with Gasteiger partial charge in [0.2, 0.25) is 0 Å². The first-order valence-electron chi connectivity index (χ1n) is 10.2. The first-order valence-corrected chi connectivity index (χ1v) is 10.2. The Morgan fingerprint density at radius 2 is 1.76 bits per heavy atom. The van der Waals surface area contributed by atoms with Crippen molar-refractivity contribution in [1.29, 1.82) is 0 Å². The largest absolute Gasteiger partial charge is 0.493 e. The fourth-order valence-electron chi connectivity index (χ4n) is 3.33. The number of ether oxygens (including phenoxy) is 3. The maximum absolute atomic E-state index is 13.9. The second kappa shape index (κ2) is 10.2. The number of anilines is 1. The highest BCUT2D eigenvalue weighted by Crippen LogP contribution is 2.36. The highest BCUT2D eigenvalue weighted by Gasteiger charge is 2.31. The fourth-order valence-corrected chi connectivity index (χ4v) is 3.33. The van der Waals surface area contributed by atoms with Gasteiger partial charge in [-0.1, -0.05) is 0 Å². The van der Waals surface area contributed by atoms with Crippen molar-refractivity contribution < 1.29 is 31.8 Å². The van der Waals surface area contributed by atoms with Crippen LogP contribution in [0.5, 0.6) is 11.5 Å². The first-order chi connectivity index (χ1) is 15.6. The van der Waals surface area contributed by atoms with Crippen molar-refractivity contribution in [3.8, 4) is 11.5 Å². The van der Waals surface area contributed by atoms with Crippen LogP contribution in [-0.2, 0) is 10.9 Å². The molecule has 0 aliphatic rings.